The highest BCUT2D eigenvalue weighted by Gasteiger charge is 2.62. The van der Waals surface area contributed by atoms with Crippen LogP contribution in [-0.2, 0) is 9.47 Å². The number of nitrogens with zero attached hydrogens (tertiary/aromatic N) is 3. The van der Waals surface area contributed by atoms with Crippen molar-refractivity contribution in [3.8, 4) is 5.75 Å². The van der Waals surface area contributed by atoms with Gasteiger partial charge in [-0.3, -0.25) is 15.2 Å². The largest absolute Gasteiger partial charge is 0.489 e. The summed E-state index contributed by atoms with van der Waals surface area (Å²) in [6.07, 6.45) is 14.4. The predicted molar refractivity (Wildman–Crippen MR) is 210 cm³/mol. The number of anilines is 2. The van der Waals surface area contributed by atoms with Gasteiger partial charge in [0.2, 0.25) is 5.92 Å². The number of aryl methyl sites for hydroxylation is 2. The van der Waals surface area contributed by atoms with Crippen LogP contribution < -0.4 is 15.4 Å². The number of fused-ring (bicyclic) bond motifs is 5. The van der Waals surface area contributed by atoms with Gasteiger partial charge in [0.05, 0.1) is 36.5 Å². The van der Waals surface area contributed by atoms with Crippen molar-refractivity contribution in [2.75, 3.05) is 50.1 Å². The first-order valence-corrected chi connectivity index (χ1v) is 21.3. The van der Waals surface area contributed by atoms with E-state index in [1.165, 1.54) is 25.5 Å². The average Bonchev–Trinajstić information content (AvgIpc) is 3.48. The molecule has 4 saturated carbocycles. The lowest BCUT2D eigenvalue weighted by Gasteiger charge is -2.61. The van der Waals surface area contributed by atoms with E-state index in [-0.39, 0.29) is 35.7 Å². The molecule has 4 aliphatic carbocycles. The molecule has 2 amide bonds. The molecule has 9 nitrogen and oxygen atoms in total. The number of amides is 2. The Morgan fingerprint density at radius 1 is 0.981 bits per heavy atom. The first-order valence-electron chi connectivity index (χ1n) is 20.5. The van der Waals surface area contributed by atoms with E-state index < -0.39 is 12.0 Å². The van der Waals surface area contributed by atoms with Gasteiger partial charge in [-0.1, -0.05) is 29.8 Å². The molecule has 1 aromatic heterocycles. The highest BCUT2D eigenvalue weighted by atomic mass is 79.9. The lowest BCUT2D eigenvalue weighted by Crippen LogP contribution is -2.55. The van der Waals surface area contributed by atoms with Crippen molar-refractivity contribution in [3.63, 3.8) is 0 Å². The zero-order valence-electron chi connectivity index (χ0n) is 32.6. The molecule has 0 radical (unpaired) electrons. The summed E-state index contributed by atoms with van der Waals surface area (Å²) in [5.74, 6) is 0.631. The Hall–Kier alpha value is -2.41. The van der Waals surface area contributed by atoms with Gasteiger partial charge in [0.15, 0.2) is 5.82 Å². The van der Waals surface area contributed by atoms with Gasteiger partial charge in [-0.05, 0) is 137 Å². The summed E-state index contributed by atoms with van der Waals surface area (Å²) in [5.41, 5.74) is 2.63. The molecule has 0 bridgehead atoms. The van der Waals surface area contributed by atoms with Gasteiger partial charge in [-0.25, -0.2) is 18.6 Å². The van der Waals surface area contributed by atoms with Crippen molar-refractivity contribution in [2.24, 2.45) is 34.5 Å². The van der Waals surface area contributed by atoms with Crippen LogP contribution in [0, 0.1) is 48.3 Å². The second-order valence-corrected chi connectivity index (χ2v) is 18.4. The molecule has 0 spiro atoms. The van der Waals surface area contributed by atoms with Crippen LogP contribution in [0.25, 0.3) is 0 Å². The molecule has 5 fully saturated rings. The van der Waals surface area contributed by atoms with E-state index in [4.69, 9.17) is 14.2 Å². The number of benzene rings is 1. The summed E-state index contributed by atoms with van der Waals surface area (Å²) in [7, 11) is 0. The number of hydrogen-bond donors (Lipinski definition) is 2. The molecule has 2 aromatic rings. The van der Waals surface area contributed by atoms with Crippen LogP contribution >= 0.6 is 15.9 Å². The smallest absolute Gasteiger partial charge is 0.325 e. The second-order valence-electron chi connectivity index (χ2n) is 17.6. The number of hydrogen-bond acceptors (Lipinski definition) is 7. The minimum Gasteiger partial charge on any atom is -0.489 e. The number of carbonyl (C=O) groups excluding carboxylic acids is 1. The molecule has 298 valence electrons. The minimum atomic E-state index is -2.46. The lowest BCUT2D eigenvalue weighted by atomic mass is 9.45. The zero-order chi connectivity index (χ0) is 38.1. The van der Waals surface area contributed by atoms with Crippen molar-refractivity contribution in [1.82, 2.24) is 14.9 Å². The van der Waals surface area contributed by atoms with E-state index in [1.807, 2.05) is 26.0 Å². The Morgan fingerprint density at radius 3 is 2.63 bits per heavy atom. The molecule has 7 rings (SSSR count). The molecular formula is C42H60BrF2N5O4. The molecule has 1 aromatic carbocycles. The maximum Gasteiger partial charge on any atom is 0.325 e. The van der Waals surface area contributed by atoms with Gasteiger partial charge >= 0.3 is 6.03 Å². The molecule has 1 saturated heterocycles. The lowest BCUT2D eigenvalue weighted by molar-refractivity contribution is -0.169. The molecule has 2 N–H and O–H groups in total. The van der Waals surface area contributed by atoms with E-state index in [9.17, 15) is 13.6 Å². The SMILES string of the molecule is Cc1cnc(NC(=O)Nc2cc(Br)c(C)cc2OC[C@@H]2CN(CCCCCO[C@H]3CC[C@H]4[C@@H]5CC[C@H]6CC(F)(F)CCC6(C)[C@H]5CC[C@]34C)CCO2)cn1. The van der Waals surface area contributed by atoms with Crippen molar-refractivity contribution in [2.45, 2.75) is 123 Å². The summed E-state index contributed by atoms with van der Waals surface area (Å²) in [4.78, 5) is 23.6. The van der Waals surface area contributed by atoms with Crippen LogP contribution in [0.3, 0.4) is 0 Å². The number of rotatable bonds is 12. The number of aromatic nitrogens is 2. The fourth-order valence-electron chi connectivity index (χ4n) is 11.1. The highest BCUT2D eigenvalue weighted by Crippen LogP contribution is 2.67. The van der Waals surface area contributed by atoms with Crippen LogP contribution in [0.4, 0.5) is 25.1 Å². The number of urea groups is 1. The normalized spacial score (nSPS) is 33.3. The summed E-state index contributed by atoms with van der Waals surface area (Å²) in [6, 6.07) is 3.32. The Kier molecular flexibility index (Phi) is 12.2. The van der Waals surface area contributed by atoms with Crippen molar-refractivity contribution in [3.05, 3.63) is 40.3 Å². The topological polar surface area (TPSA) is 97.8 Å². The third kappa shape index (κ3) is 8.76. The van der Waals surface area contributed by atoms with Crippen molar-refractivity contribution in [1.29, 1.82) is 0 Å². The maximum absolute atomic E-state index is 14.4. The first-order chi connectivity index (χ1) is 25.8. The Balaban J connectivity index is 0.821. The summed E-state index contributed by atoms with van der Waals surface area (Å²) in [5, 5.41) is 5.60. The maximum atomic E-state index is 14.4. The number of unbranched alkanes of at least 4 members (excludes halogenated alkanes) is 2. The molecule has 2 heterocycles. The number of ether oxygens (including phenoxy) is 3. The molecule has 1 aliphatic heterocycles. The predicted octanol–water partition coefficient (Wildman–Crippen LogP) is 9.81. The fraction of sp³-hybridized carbons (Fsp3) is 0.738. The van der Waals surface area contributed by atoms with Crippen LogP contribution in [-0.4, -0.2) is 78.5 Å². The Bertz CT molecular complexity index is 1620. The standard InChI is InChI=1S/C42H60BrF2N5O4/c1-27-20-36(35(21-34(27)43)48-39(51)49-38-24-46-28(2)23-47-38)54-26-30-25-50(17-19-52-30)16-6-5-7-18-53-37-11-10-32-31-9-8-29-22-42(44,45)15-14-40(29,3)33(31)12-13-41(32,37)4/h20-21,23-24,29-33,37H,5-19,22,25-26H2,1-4H3,(H2,47,48,49,51)/t29-,30-,31-,32-,33-,37-,40?,41-/m0/s1. The third-order valence-electron chi connectivity index (χ3n) is 14.2. The van der Waals surface area contributed by atoms with Gasteiger partial charge in [0.1, 0.15) is 18.5 Å². The number of carbonyl (C=O) groups is 1. The Morgan fingerprint density at radius 2 is 1.81 bits per heavy atom. The minimum absolute atomic E-state index is 0.0709. The fourth-order valence-corrected chi connectivity index (χ4v) is 11.4. The highest BCUT2D eigenvalue weighted by molar-refractivity contribution is 9.10. The first kappa shape index (κ1) is 39.8. The van der Waals surface area contributed by atoms with E-state index in [0.717, 1.165) is 80.5 Å². The van der Waals surface area contributed by atoms with E-state index in [2.05, 4.69) is 55.3 Å². The van der Waals surface area contributed by atoms with Gasteiger partial charge < -0.3 is 19.5 Å². The molecule has 5 aliphatic rings. The van der Waals surface area contributed by atoms with Crippen LogP contribution in [0.1, 0.15) is 102 Å². The van der Waals surface area contributed by atoms with E-state index >= 15 is 0 Å². The monoisotopic (exact) mass is 815 g/mol. The molecular weight excluding hydrogens is 756 g/mol. The van der Waals surface area contributed by atoms with Gasteiger partial charge in [0.25, 0.3) is 0 Å². The summed E-state index contributed by atoms with van der Waals surface area (Å²) in [6.45, 7) is 13.3. The second kappa shape index (κ2) is 16.6. The van der Waals surface area contributed by atoms with Crippen LogP contribution in [0.5, 0.6) is 5.75 Å². The number of nitrogens with one attached hydrogen (secondary N) is 2. The summed E-state index contributed by atoms with van der Waals surface area (Å²) >= 11 is 3.57. The molecule has 54 heavy (non-hydrogen) atoms. The number of alkyl halides is 2. The number of morpholine rings is 1. The van der Waals surface area contributed by atoms with Gasteiger partial charge in [0, 0.05) is 37.0 Å². The van der Waals surface area contributed by atoms with Crippen molar-refractivity contribution >= 4 is 33.5 Å². The van der Waals surface area contributed by atoms with E-state index in [0.29, 0.717) is 60.7 Å². The quantitative estimate of drug-likeness (QED) is 0.206. The average molecular weight is 817 g/mol. The third-order valence-corrected chi connectivity index (χ3v) is 15.0. The zero-order valence-corrected chi connectivity index (χ0v) is 34.2. The van der Waals surface area contributed by atoms with Gasteiger partial charge in [-0.2, -0.15) is 0 Å². The van der Waals surface area contributed by atoms with Gasteiger partial charge in [-0.15, -0.1) is 0 Å². The van der Waals surface area contributed by atoms with Crippen LogP contribution in [0.15, 0.2) is 29.0 Å². The van der Waals surface area contributed by atoms with E-state index in [1.54, 1.807) is 6.20 Å². The Labute approximate surface area is 328 Å². The van der Waals surface area contributed by atoms with Crippen molar-refractivity contribution < 1.29 is 27.8 Å². The molecule has 1 unspecified atom stereocenters. The molecule has 8 atom stereocenters. The summed E-state index contributed by atoms with van der Waals surface area (Å²) < 4.78 is 48.6. The number of halogens is 3. The molecule has 12 heteroatoms. The van der Waals surface area contributed by atoms with Crippen LogP contribution in [0.2, 0.25) is 0 Å².